The van der Waals surface area contributed by atoms with E-state index < -0.39 is 24.4 Å². The van der Waals surface area contributed by atoms with Crippen molar-refractivity contribution >= 4 is 33.7 Å². The fourth-order valence-corrected chi connectivity index (χ4v) is 4.86. The number of amides is 2. The lowest BCUT2D eigenvalue weighted by Crippen LogP contribution is -2.35. The van der Waals surface area contributed by atoms with Crippen molar-refractivity contribution in [3.8, 4) is 11.5 Å². The molecule has 0 saturated carbocycles. The van der Waals surface area contributed by atoms with Crippen LogP contribution < -0.4 is 20.1 Å². The molecule has 0 aliphatic carbocycles. The molecule has 3 rings (SSSR count). The number of fused-ring (bicyclic) bond motifs is 2. The van der Waals surface area contributed by atoms with Gasteiger partial charge in [-0.3, -0.25) is 0 Å². The molecule has 0 heterocycles. The van der Waals surface area contributed by atoms with Gasteiger partial charge in [-0.05, 0) is 44.7 Å². The van der Waals surface area contributed by atoms with Crippen LogP contribution in [0.4, 0.5) is 9.59 Å². The van der Waals surface area contributed by atoms with E-state index in [4.69, 9.17) is 28.4 Å². The summed E-state index contributed by atoms with van der Waals surface area (Å²) in [6.45, 7) is 12.7. The summed E-state index contributed by atoms with van der Waals surface area (Å²) in [5.41, 5.74) is 1.14. The summed E-state index contributed by atoms with van der Waals surface area (Å²) in [6.07, 6.45) is 2.46. The highest BCUT2D eigenvalue weighted by molar-refractivity contribution is 6.11. The van der Waals surface area contributed by atoms with Gasteiger partial charge in [0.2, 0.25) is 0 Å². The van der Waals surface area contributed by atoms with Gasteiger partial charge in [0.05, 0.1) is 13.2 Å². The maximum atomic E-state index is 12.3. The Morgan fingerprint density at radius 2 is 1.11 bits per heavy atom. The molecule has 2 N–H and O–H groups in total. The number of benzene rings is 3. The molecule has 2 unspecified atom stereocenters. The molecule has 2 atom stereocenters. The summed E-state index contributed by atoms with van der Waals surface area (Å²) in [4.78, 5) is 24.6. The minimum absolute atomic E-state index is 0.107. The van der Waals surface area contributed by atoms with Crippen molar-refractivity contribution in [3.63, 3.8) is 0 Å². The molecule has 0 spiro atoms. The first kappa shape index (κ1) is 36.7. The third kappa shape index (κ3) is 11.2. The van der Waals surface area contributed by atoms with Crippen LogP contribution in [0.2, 0.25) is 0 Å². The summed E-state index contributed by atoms with van der Waals surface area (Å²) in [5, 5.41) is 8.79. The summed E-state index contributed by atoms with van der Waals surface area (Å²) < 4.78 is 36.0. The van der Waals surface area contributed by atoms with E-state index in [9.17, 15) is 9.59 Å². The van der Waals surface area contributed by atoms with Gasteiger partial charge in [0.15, 0.2) is 12.2 Å². The van der Waals surface area contributed by atoms with Gasteiger partial charge in [0, 0.05) is 47.8 Å². The van der Waals surface area contributed by atoms with Crippen molar-refractivity contribution in [2.24, 2.45) is 0 Å². The Labute approximate surface area is 273 Å². The minimum atomic E-state index is -0.609. The highest BCUT2D eigenvalue weighted by Crippen LogP contribution is 2.43. The quantitative estimate of drug-likeness (QED) is 0.0931. The fraction of sp³-hybridized carbons (Fsp3) is 0.556. The maximum Gasteiger partial charge on any atom is 0.407 e. The number of nitrogens with one attached hydrogen (secondary N) is 2. The molecule has 0 aliphatic heterocycles. The van der Waals surface area contributed by atoms with Gasteiger partial charge in [-0.1, -0.05) is 70.0 Å². The van der Waals surface area contributed by atoms with Crippen LogP contribution in [0.15, 0.2) is 42.5 Å². The molecule has 10 nitrogen and oxygen atoms in total. The Kier molecular flexibility index (Phi) is 16.3. The summed E-state index contributed by atoms with van der Waals surface area (Å²) in [6, 6.07) is 14.1. The van der Waals surface area contributed by atoms with Crippen LogP contribution in [0.3, 0.4) is 0 Å². The third-order valence-electron chi connectivity index (χ3n) is 7.31. The van der Waals surface area contributed by atoms with Crippen LogP contribution in [0.5, 0.6) is 11.5 Å². The number of aryl methyl sites for hydroxylation is 1. The zero-order valence-corrected chi connectivity index (χ0v) is 28.2. The van der Waals surface area contributed by atoms with Gasteiger partial charge in [0.1, 0.15) is 24.7 Å². The Morgan fingerprint density at radius 1 is 0.630 bits per heavy atom. The highest BCUT2D eigenvalue weighted by atomic mass is 16.6. The lowest BCUT2D eigenvalue weighted by molar-refractivity contribution is -0.00208. The second kappa shape index (κ2) is 20.4. The van der Waals surface area contributed by atoms with E-state index in [2.05, 4.69) is 43.5 Å². The van der Waals surface area contributed by atoms with Gasteiger partial charge in [-0.15, -0.1) is 0 Å². The Morgan fingerprint density at radius 3 is 1.57 bits per heavy atom. The zero-order chi connectivity index (χ0) is 33.1. The van der Waals surface area contributed by atoms with E-state index in [1.807, 2.05) is 44.2 Å². The van der Waals surface area contributed by atoms with Crippen molar-refractivity contribution in [3.05, 3.63) is 48.0 Å². The Bertz CT molecular complexity index is 1360. The van der Waals surface area contributed by atoms with E-state index in [0.717, 1.165) is 59.2 Å². The van der Waals surface area contributed by atoms with Crippen LogP contribution in [-0.2, 0) is 25.4 Å². The lowest BCUT2D eigenvalue weighted by Gasteiger charge is -2.23. The van der Waals surface area contributed by atoms with Crippen LogP contribution in [0, 0.1) is 0 Å². The molecule has 3 aromatic carbocycles. The van der Waals surface area contributed by atoms with Crippen molar-refractivity contribution in [2.75, 3.05) is 52.7 Å². The molecule has 46 heavy (non-hydrogen) atoms. The molecule has 0 saturated heterocycles. The van der Waals surface area contributed by atoms with Crippen molar-refractivity contribution in [1.29, 1.82) is 0 Å². The standard InChI is InChI=1S/C36H52N2O8/c1-6-11-19-41-22-27(45-35(39)37-9-4)24-43-33-29-15-13-14-16-30(29)34(32-21-26(8-3)17-18-31(32)33)44-25-28(23-42-20-12-7-2)46-36(40)38-10-5/h13-18,21,27-28H,6-12,19-20,22-25H2,1-5H3,(H,37,39)(H,38,40). The molecule has 0 radical (unpaired) electrons. The highest BCUT2D eigenvalue weighted by Gasteiger charge is 2.22. The third-order valence-corrected chi connectivity index (χ3v) is 7.31. The monoisotopic (exact) mass is 640 g/mol. The van der Waals surface area contributed by atoms with Gasteiger partial charge < -0.3 is 39.1 Å². The molecule has 2 amide bonds. The van der Waals surface area contributed by atoms with Gasteiger partial charge >= 0.3 is 12.2 Å². The van der Waals surface area contributed by atoms with Crippen LogP contribution in [-0.4, -0.2) is 77.1 Å². The van der Waals surface area contributed by atoms with Crippen LogP contribution in [0.1, 0.15) is 65.9 Å². The van der Waals surface area contributed by atoms with Gasteiger partial charge in [-0.25, -0.2) is 9.59 Å². The summed E-state index contributed by atoms with van der Waals surface area (Å²) in [7, 11) is 0. The average Bonchev–Trinajstić information content (AvgIpc) is 3.06. The number of alkyl carbamates (subject to hydrolysis) is 2. The minimum Gasteiger partial charge on any atom is -0.488 e. The van der Waals surface area contributed by atoms with Crippen molar-refractivity contribution in [1.82, 2.24) is 10.6 Å². The van der Waals surface area contributed by atoms with E-state index >= 15 is 0 Å². The fourth-order valence-electron chi connectivity index (χ4n) is 4.86. The molecule has 3 aromatic rings. The lowest BCUT2D eigenvalue weighted by atomic mass is 9.98. The number of hydrogen-bond donors (Lipinski definition) is 2. The summed E-state index contributed by atoms with van der Waals surface area (Å²) >= 11 is 0. The van der Waals surface area contributed by atoms with E-state index in [0.29, 0.717) is 37.8 Å². The number of ether oxygens (including phenoxy) is 6. The van der Waals surface area contributed by atoms with Gasteiger partial charge in [-0.2, -0.15) is 0 Å². The first-order valence-corrected chi connectivity index (χ1v) is 16.7. The second-order valence-electron chi connectivity index (χ2n) is 11.0. The smallest absolute Gasteiger partial charge is 0.407 e. The molecular weight excluding hydrogens is 588 g/mol. The molecule has 254 valence electrons. The second-order valence-corrected chi connectivity index (χ2v) is 11.0. The van der Waals surface area contributed by atoms with Gasteiger partial charge in [0.25, 0.3) is 0 Å². The van der Waals surface area contributed by atoms with Crippen LogP contribution >= 0.6 is 0 Å². The van der Waals surface area contributed by atoms with Crippen LogP contribution in [0.25, 0.3) is 21.5 Å². The van der Waals surface area contributed by atoms with E-state index in [1.165, 1.54) is 0 Å². The predicted octanol–water partition coefficient (Wildman–Crippen LogP) is 7.18. The normalized spacial score (nSPS) is 12.5. The molecule has 0 aromatic heterocycles. The predicted molar refractivity (Wildman–Crippen MR) is 181 cm³/mol. The number of carbonyl (C=O) groups is 2. The molecule has 0 aliphatic rings. The first-order valence-electron chi connectivity index (χ1n) is 16.7. The van der Waals surface area contributed by atoms with Crippen molar-refractivity contribution in [2.45, 2.75) is 78.9 Å². The SMILES string of the molecule is CCCCOCC(COc1c2ccccc2c(OCC(COCCCC)OC(=O)NCC)c2cc(CC)ccc12)OC(=O)NCC. The Hall–Kier alpha value is -3.76. The number of hydrogen-bond acceptors (Lipinski definition) is 8. The number of carbonyl (C=O) groups excluding carboxylic acids is 2. The Balaban J connectivity index is 1.97. The number of rotatable bonds is 21. The van der Waals surface area contributed by atoms with E-state index in [-0.39, 0.29) is 26.4 Å². The first-order chi connectivity index (χ1) is 22.4. The average molecular weight is 641 g/mol. The van der Waals surface area contributed by atoms with Crippen molar-refractivity contribution < 1.29 is 38.0 Å². The largest absolute Gasteiger partial charge is 0.488 e. The molecular formula is C36H52N2O8. The molecule has 10 heteroatoms. The van der Waals surface area contributed by atoms with E-state index in [1.54, 1.807) is 0 Å². The summed E-state index contributed by atoms with van der Waals surface area (Å²) in [5.74, 6) is 1.33. The number of unbranched alkanes of at least 4 members (excludes halogenated alkanes) is 2. The molecule has 0 bridgehead atoms. The maximum absolute atomic E-state index is 12.3. The topological polar surface area (TPSA) is 114 Å². The zero-order valence-electron chi connectivity index (χ0n) is 28.2. The molecule has 0 fully saturated rings.